The molecule has 4 heteroatoms. The molecule has 1 aromatic heterocycles. The van der Waals surface area contributed by atoms with E-state index in [2.05, 4.69) is 21.3 Å². The van der Waals surface area contributed by atoms with Crippen LogP contribution in [0.4, 0.5) is 5.69 Å². The molecule has 2 aromatic rings. The number of hydrogen-bond acceptors (Lipinski definition) is 3. The zero-order chi connectivity index (χ0) is 12.9. The van der Waals surface area contributed by atoms with Crippen LogP contribution in [0.25, 0.3) is 10.9 Å². The van der Waals surface area contributed by atoms with Crippen molar-refractivity contribution >= 4 is 16.6 Å². The first kappa shape index (κ1) is 11.1. The number of pyridine rings is 1. The topological polar surface area (TPSA) is 48.1 Å². The third kappa shape index (κ3) is 1.67. The molecule has 0 radical (unpaired) electrons. The summed E-state index contributed by atoms with van der Waals surface area (Å²) in [7, 11) is 0. The monoisotopic (exact) mass is 255 g/mol. The molecule has 0 saturated carbocycles. The van der Waals surface area contributed by atoms with Crippen molar-refractivity contribution < 1.29 is 0 Å². The van der Waals surface area contributed by atoms with E-state index in [0.29, 0.717) is 5.41 Å². The Balaban J connectivity index is 1.74. The molecule has 0 amide bonds. The smallest absolute Gasteiger partial charge is 0.250 e. The average Bonchev–Trinajstić information content (AvgIpc) is 2.85. The Morgan fingerprint density at radius 1 is 1.21 bits per heavy atom. The van der Waals surface area contributed by atoms with Crippen molar-refractivity contribution in [2.24, 2.45) is 5.41 Å². The third-order valence-electron chi connectivity index (χ3n) is 4.45. The van der Waals surface area contributed by atoms with Gasteiger partial charge in [0.05, 0.1) is 11.2 Å². The van der Waals surface area contributed by atoms with E-state index in [1.807, 2.05) is 18.2 Å². The molecular weight excluding hydrogens is 238 g/mol. The van der Waals surface area contributed by atoms with E-state index in [1.54, 1.807) is 6.07 Å². The van der Waals surface area contributed by atoms with Crippen molar-refractivity contribution in [1.29, 1.82) is 0 Å². The predicted molar refractivity (Wildman–Crippen MR) is 76.7 cm³/mol. The van der Waals surface area contributed by atoms with Gasteiger partial charge < -0.3 is 15.2 Å². The maximum absolute atomic E-state index is 11.8. The molecule has 0 aliphatic carbocycles. The molecule has 4 rings (SSSR count). The van der Waals surface area contributed by atoms with Gasteiger partial charge in [0.1, 0.15) is 0 Å². The lowest BCUT2D eigenvalue weighted by molar-refractivity contribution is 0.244. The van der Waals surface area contributed by atoms with Crippen LogP contribution in [0, 0.1) is 5.41 Å². The van der Waals surface area contributed by atoms with Crippen LogP contribution in [0.15, 0.2) is 35.1 Å². The normalized spacial score (nSPS) is 20.9. The van der Waals surface area contributed by atoms with Gasteiger partial charge in [0.15, 0.2) is 0 Å². The molecule has 0 unspecified atom stereocenters. The number of fused-ring (bicyclic) bond motifs is 1. The van der Waals surface area contributed by atoms with Crippen LogP contribution < -0.4 is 15.8 Å². The molecule has 2 aliphatic rings. The van der Waals surface area contributed by atoms with Gasteiger partial charge in [0.25, 0.3) is 0 Å². The number of nitrogens with one attached hydrogen (secondary N) is 2. The average molecular weight is 255 g/mol. The molecule has 19 heavy (non-hydrogen) atoms. The Bertz CT molecular complexity index is 677. The first-order valence-electron chi connectivity index (χ1n) is 6.84. The minimum atomic E-state index is -0.0146. The number of anilines is 1. The van der Waals surface area contributed by atoms with Gasteiger partial charge in [-0.1, -0.05) is 18.2 Å². The van der Waals surface area contributed by atoms with Gasteiger partial charge in [0.2, 0.25) is 5.56 Å². The van der Waals surface area contributed by atoms with Crippen LogP contribution in [0.1, 0.15) is 6.42 Å². The first-order chi connectivity index (χ1) is 9.26. The predicted octanol–water partition coefficient (Wildman–Crippen LogP) is 1.33. The fourth-order valence-electron chi connectivity index (χ4n) is 3.45. The zero-order valence-electron chi connectivity index (χ0n) is 10.8. The Morgan fingerprint density at radius 3 is 2.84 bits per heavy atom. The summed E-state index contributed by atoms with van der Waals surface area (Å²) in [5.41, 5.74) is 2.44. The fraction of sp³-hybridized carbons (Fsp3) is 0.400. The Hall–Kier alpha value is -1.81. The van der Waals surface area contributed by atoms with Gasteiger partial charge in [-0.25, -0.2) is 0 Å². The number of aromatic nitrogens is 1. The second kappa shape index (κ2) is 3.84. The van der Waals surface area contributed by atoms with E-state index in [4.69, 9.17) is 0 Å². The fourth-order valence-corrected chi connectivity index (χ4v) is 3.45. The summed E-state index contributed by atoms with van der Waals surface area (Å²) in [4.78, 5) is 17.0. The van der Waals surface area contributed by atoms with Gasteiger partial charge in [-0.3, -0.25) is 4.79 Å². The molecule has 2 fully saturated rings. The van der Waals surface area contributed by atoms with Crippen molar-refractivity contribution in [1.82, 2.24) is 10.3 Å². The van der Waals surface area contributed by atoms with Crippen LogP contribution in [-0.2, 0) is 0 Å². The van der Waals surface area contributed by atoms with E-state index < -0.39 is 0 Å². The Kier molecular flexibility index (Phi) is 2.23. The molecule has 4 nitrogen and oxygen atoms in total. The quantitative estimate of drug-likeness (QED) is 0.808. The number of para-hydroxylation sites is 1. The number of nitrogens with zero attached hydrogens (tertiary/aromatic N) is 1. The van der Waals surface area contributed by atoms with Crippen LogP contribution in [0.5, 0.6) is 0 Å². The van der Waals surface area contributed by atoms with Crippen LogP contribution >= 0.6 is 0 Å². The van der Waals surface area contributed by atoms with Gasteiger partial charge in [-0.15, -0.1) is 0 Å². The lowest BCUT2D eigenvalue weighted by Gasteiger charge is -2.49. The zero-order valence-corrected chi connectivity index (χ0v) is 10.8. The summed E-state index contributed by atoms with van der Waals surface area (Å²) in [6, 6.07) is 9.76. The largest absolute Gasteiger partial charge is 0.369 e. The van der Waals surface area contributed by atoms with E-state index in [9.17, 15) is 4.79 Å². The highest BCUT2D eigenvalue weighted by molar-refractivity contribution is 5.91. The molecule has 1 spiro atoms. The van der Waals surface area contributed by atoms with Crippen molar-refractivity contribution in [3.8, 4) is 0 Å². The van der Waals surface area contributed by atoms with E-state index in [0.717, 1.165) is 42.8 Å². The number of hydrogen-bond donors (Lipinski definition) is 2. The molecule has 0 bridgehead atoms. The van der Waals surface area contributed by atoms with Crippen LogP contribution in [0.3, 0.4) is 0 Å². The van der Waals surface area contributed by atoms with E-state index in [1.165, 1.54) is 6.42 Å². The number of rotatable bonds is 1. The maximum atomic E-state index is 11.8. The molecule has 2 aliphatic heterocycles. The van der Waals surface area contributed by atoms with Crippen molar-refractivity contribution in [2.75, 3.05) is 31.1 Å². The first-order valence-corrected chi connectivity index (χ1v) is 6.84. The lowest BCUT2D eigenvalue weighted by atomic mass is 9.78. The standard InChI is InChI=1S/C15H17N3O/c19-14-7-13(11-3-1-2-4-12(11)17-14)18-9-15(10-18)5-6-16-8-15/h1-4,7,16H,5-6,8-10H2,(H,17,19). The number of benzene rings is 1. The Morgan fingerprint density at radius 2 is 2.05 bits per heavy atom. The van der Waals surface area contributed by atoms with Gasteiger partial charge >= 0.3 is 0 Å². The summed E-state index contributed by atoms with van der Waals surface area (Å²) >= 11 is 0. The van der Waals surface area contributed by atoms with Crippen molar-refractivity contribution in [3.05, 3.63) is 40.7 Å². The van der Waals surface area contributed by atoms with Gasteiger partial charge in [-0.05, 0) is 19.0 Å². The van der Waals surface area contributed by atoms with Crippen LogP contribution in [-0.4, -0.2) is 31.2 Å². The second-order valence-electron chi connectivity index (χ2n) is 5.85. The SMILES string of the molecule is O=c1cc(N2CC3(CCNC3)C2)c2ccccc2[nH]1. The molecule has 2 N–H and O–H groups in total. The molecule has 1 aromatic carbocycles. The van der Waals surface area contributed by atoms with Crippen molar-refractivity contribution in [3.63, 3.8) is 0 Å². The maximum Gasteiger partial charge on any atom is 0.250 e. The van der Waals surface area contributed by atoms with E-state index in [-0.39, 0.29) is 5.56 Å². The molecular formula is C15H17N3O. The minimum absolute atomic E-state index is 0.0146. The third-order valence-corrected chi connectivity index (χ3v) is 4.45. The molecule has 2 saturated heterocycles. The highest BCUT2D eigenvalue weighted by Gasteiger charge is 2.45. The lowest BCUT2D eigenvalue weighted by Crippen LogP contribution is -2.57. The number of H-pyrrole nitrogens is 1. The minimum Gasteiger partial charge on any atom is -0.369 e. The summed E-state index contributed by atoms with van der Waals surface area (Å²) < 4.78 is 0. The second-order valence-corrected chi connectivity index (χ2v) is 5.85. The summed E-state index contributed by atoms with van der Waals surface area (Å²) in [6.45, 7) is 4.37. The summed E-state index contributed by atoms with van der Waals surface area (Å²) in [5.74, 6) is 0. The molecule has 98 valence electrons. The number of aromatic amines is 1. The summed E-state index contributed by atoms with van der Waals surface area (Å²) in [6.07, 6.45) is 1.25. The Labute approximate surface area is 111 Å². The van der Waals surface area contributed by atoms with Crippen LogP contribution in [0.2, 0.25) is 0 Å². The summed E-state index contributed by atoms with van der Waals surface area (Å²) in [5, 5.41) is 4.58. The van der Waals surface area contributed by atoms with Gasteiger partial charge in [-0.2, -0.15) is 0 Å². The highest BCUT2D eigenvalue weighted by atomic mass is 16.1. The molecule has 3 heterocycles. The van der Waals surface area contributed by atoms with Crippen molar-refractivity contribution in [2.45, 2.75) is 6.42 Å². The van der Waals surface area contributed by atoms with Gasteiger partial charge in [0, 0.05) is 36.5 Å². The van der Waals surface area contributed by atoms with E-state index >= 15 is 0 Å². The molecule has 0 atom stereocenters. The highest BCUT2D eigenvalue weighted by Crippen LogP contribution is 2.40.